The first-order valence-corrected chi connectivity index (χ1v) is 10.8. The van der Waals surface area contributed by atoms with Crippen molar-refractivity contribution >= 4 is 5.97 Å². The lowest BCUT2D eigenvalue weighted by molar-refractivity contribution is -0.152. The quantitative estimate of drug-likeness (QED) is 0.564. The van der Waals surface area contributed by atoms with Gasteiger partial charge in [0.15, 0.2) is 0 Å². The molecule has 8 unspecified atom stereocenters. The first-order valence-electron chi connectivity index (χ1n) is 10.8. The van der Waals surface area contributed by atoms with Crippen LogP contribution < -0.4 is 0 Å². The highest BCUT2D eigenvalue weighted by atomic mass is 16.5. The normalized spacial score (nSPS) is 48.7. The fourth-order valence-electron chi connectivity index (χ4n) is 7.80. The van der Waals surface area contributed by atoms with Gasteiger partial charge in [-0.2, -0.15) is 0 Å². The number of esters is 1. The Morgan fingerprint density at radius 2 is 1.96 bits per heavy atom. The lowest BCUT2D eigenvalue weighted by Crippen LogP contribution is -2.51. The molecule has 0 bridgehead atoms. The zero-order valence-corrected chi connectivity index (χ0v) is 17.0. The average Bonchev–Trinajstić information content (AvgIpc) is 2.92. The lowest BCUT2D eigenvalue weighted by Gasteiger charge is -2.58. The molecule has 1 N–H and O–H groups in total. The summed E-state index contributed by atoms with van der Waals surface area (Å²) in [4.78, 5) is 11.5. The highest BCUT2D eigenvalue weighted by Crippen LogP contribution is 2.66. The number of hydrogen-bond donors (Lipinski definition) is 1. The summed E-state index contributed by atoms with van der Waals surface area (Å²) in [5.41, 5.74) is 2.17. The number of carbonyl (C=O) groups is 1. The number of hydrogen-bond acceptors (Lipinski definition) is 3. The van der Waals surface area contributed by atoms with Gasteiger partial charge in [-0.25, -0.2) is 0 Å². The second-order valence-corrected chi connectivity index (χ2v) is 10.2. The van der Waals surface area contributed by atoms with Gasteiger partial charge in [-0.1, -0.05) is 25.5 Å². The van der Waals surface area contributed by atoms with E-state index >= 15 is 0 Å². The maximum absolute atomic E-state index is 11.5. The fraction of sp³-hybridized carbons (Fsp3) is 0.870. The molecule has 0 aliphatic heterocycles. The molecule has 0 amide bonds. The molecule has 0 spiro atoms. The molecule has 8 atom stereocenters. The summed E-state index contributed by atoms with van der Waals surface area (Å²) in [6.45, 7) is 8.61. The van der Waals surface area contributed by atoms with E-state index in [-0.39, 0.29) is 18.2 Å². The van der Waals surface area contributed by atoms with Crippen molar-refractivity contribution in [2.45, 2.75) is 91.3 Å². The van der Waals surface area contributed by atoms with Gasteiger partial charge in [0.05, 0.1) is 6.10 Å². The van der Waals surface area contributed by atoms with Gasteiger partial charge in [0, 0.05) is 12.8 Å². The van der Waals surface area contributed by atoms with Crippen LogP contribution in [0.1, 0.15) is 79.1 Å². The Morgan fingerprint density at radius 1 is 1.19 bits per heavy atom. The zero-order valence-electron chi connectivity index (χ0n) is 17.0. The summed E-state index contributed by atoms with van der Waals surface area (Å²) in [5.74, 6) is 2.66. The van der Waals surface area contributed by atoms with E-state index in [1.165, 1.54) is 39.0 Å². The van der Waals surface area contributed by atoms with Gasteiger partial charge in [0.25, 0.3) is 0 Å². The molecule has 0 aromatic carbocycles. The van der Waals surface area contributed by atoms with Crippen LogP contribution >= 0.6 is 0 Å². The van der Waals surface area contributed by atoms with Gasteiger partial charge in [-0.05, 0) is 86.9 Å². The molecule has 4 aliphatic rings. The number of fused-ring (bicyclic) bond motifs is 5. The molecule has 4 rings (SSSR count). The van der Waals surface area contributed by atoms with Crippen LogP contribution in [-0.2, 0) is 9.53 Å². The number of aliphatic hydroxyl groups is 1. The van der Waals surface area contributed by atoms with Crippen LogP contribution in [0.15, 0.2) is 11.6 Å². The van der Waals surface area contributed by atoms with E-state index in [0.29, 0.717) is 16.7 Å². The molecule has 3 nitrogen and oxygen atoms in total. The Balaban J connectivity index is 1.59. The third-order valence-corrected chi connectivity index (χ3v) is 9.07. The van der Waals surface area contributed by atoms with Crippen molar-refractivity contribution in [2.75, 3.05) is 0 Å². The fourth-order valence-corrected chi connectivity index (χ4v) is 7.80. The van der Waals surface area contributed by atoms with E-state index in [1.807, 2.05) is 0 Å². The Morgan fingerprint density at radius 3 is 2.69 bits per heavy atom. The SMILES string of the molecule is CC(=O)OC(C)C1CCC2C3CC=C4CC(O)CCC4(C)C3CCC12C. The Hall–Kier alpha value is -0.830. The molecular weight excluding hydrogens is 324 g/mol. The van der Waals surface area contributed by atoms with Crippen LogP contribution in [0.4, 0.5) is 0 Å². The van der Waals surface area contributed by atoms with E-state index < -0.39 is 0 Å². The summed E-state index contributed by atoms with van der Waals surface area (Å²) >= 11 is 0. The summed E-state index contributed by atoms with van der Waals surface area (Å²) in [5, 5.41) is 10.1. The topological polar surface area (TPSA) is 46.5 Å². The Labute approximate surface area is 158 Å². The Bertz CT molecular complexity index is 611. The van der Waals surface area contributed by atoms with E-state index in [2.05, 4.69) is 26.8 Å². The van der Waals surface area contributed by atoms with Gasteiger partial charge in [-0.15, -0.1) is 0 Å². The van der Waals surface area contributed by atoms with E-state index in [4.69, 9.17) is 4.74 Å². The zero-order chi connectivity index (χ0) is 18.7. The molecule has 0 aromatic rings. The molecule has 4 aliphatic carbocycles. The van der Waals surface area contributed by atoms with E-state index in [1.54, 1.807) is 5.57 Å². The second-order valence-electron chi connectivity index (χ2n) is 10.2. The summed E-state index contributed by atoms with van der Waals surface area (Å²) in [6.07, 6.45) is 11.7. The largest absolute Gasteiger partial charge is 0.463 e. The van der Waals surface area contributed by atoms with Gasteiger partial charge in [-0.3, -0.25) is 4.79 Å². The smallest absolute Gasteiger partial charge is 0.302 e. The minimum Gasteiger partial charge on any atom is -0.463 e. The molecule has 0 radical (unpaired) electrons. The highest BCUT2D eigenvalue weighted by Gasteiger charge is 2.59. The number of ether oxygens (including phenoxy) is 1. The van der Waals surface area contributed by atoms with Crippen LogP contribution in [0, 0.1) is 34.5 Å². The van der Waals surface area contributed by atoms with Crippen molar-refractivity contribution < 1.29 is 14.6 Å². The Kier molecular flexibility index (Phi) is 4.53. The summed E-state index contributed by atoms with van der Waals surface area (Å²) in [6, 6.07) is 0. The van der Waals surface area contributed by atoms with Crippen LogP contribution in [0.2, 0.25) is 0 Å². The maximum Gasteiger partial charge on any atom is 0.302 e. The molecule has 146 valence electrons. The molecule has 0 aromatic heterocycles. The predicted molar refractivity (Wildman–Crippen MR) is 102 cm³/mol. The molecular formula is C23H36O3. The van der Waals surface area contributed by atoms with E-state index in [9.17, 15) is 9.90 Å². The van der Waals surface area contributed by atoms with Gasteiger partial charge in [0.1, 0.15) is 6.10 Å². The van der Waals surface area contributed by atoms with Crippen LogP contribution in [-0.4, -0.2) is 23.3 Å². The van der Waals surface area contributed by atoms with Crippen molar-refractivity contribution in [1.82, 2.24) is 0 Å². The van der Waals surface area contributed by atoms with Crippen molar-refractivity contribution in [1.29, 1.82) is 0 Å². The minimum atomic E-state index is -0.142. The van der Waals surface area contributed by atoms with Gasteiger partial charge in [0.2, 0.25) is 0 Å². The van der Waals surface area contributed by atoms with Crippen molar-refractivity contribution in [3.05, 3.63) is 11.6 Å². The third kappa shape index (κ3) is 2.68. The van der Waals surface area contributed by atoms with Crippen LogP contribution in [0.25, 0.3) is 0 Å². The number of allylic oxidation sites excluding steroid dienone is 1. The molecule has 0 heterocycles. The lowest BCUT2D eigenvalue weighted by atomic mass is 9.47. The second kappa shape index (κ2) is 6.36. The highest BCUT2D eigenvalue weighted by molar-refractivity contribution is 5.66. The monoisotopic (exact) mass is 360 g/mol. The van der Waals surface area contributed by atoms with E-state index in [0.717, 1.165) is 37.0 Å². The first-order chi connectivity index (χ1) is 12.3. The predicted octanol–water partition coefficient (Wildman–Crippen LogP) is 4.88. The number of rotatable bonds is 2. The molecule has 26 heavy (non-hydrogen) atoms. The molecule has 3 saturated carbocycles. The minimum absolute atomic E-state index is 0.0363. The molecule has 3 fully saturated rings. The summed E-state index contributed by atoms with van der Waals surface area (Å²) < 4.78 is 5.62. The van der Waals surface area contributed by atoms with Crippen molar-refractivity contribution in [3.63, 3.8) is 0 Å². The first kappa shape index (κ1) is 18.5. The summed E-state index contributed by atoms with van der Waals surface area (Å²) in [7, 11) is 0. The van der Waals surface area contributed by atoms with Gasteiger partial charge < -0.3 is 9.84 Å². The number of carbonyl (C=O) groups excluding carboxylic acids is 1. The third-order valence-electron chi connectivity index (χ3n) is 9.07. The standard InChI is InChI=1S/C23H36O3/c1-14(26-15(2)24)19-7-8-20-18-6-5-16-13-17(25)9-11-22(16,3)21(18)10-12-23(19,20)4/h5,14,17-21,25H,6-13H2,1-4H3. The molecule has 0 saturated heterocycles. The number of aliphatic hydroxyl groups excluding tert-OH is 1. The van der Waals surface area contributed by atoms with Crippen molar-refractivity contribution in [3.8, 4) is 0 Å². The van der Waals surface area contributed by atoms with Crippen molar-refractivity contribution in [2.24, 2.45) is 34.5 Å². The van der Waals surface area contributed by atoms with Crippen LogP contribution in [0.3, 0.4) is 0 Å². The van der Waals surface area contributed by atoms with Crippen LogP contribution in [0.5, 0.6) is 0 Å². The molecule has 3 heteroatoms. The van der Waals surface area contributed by atoms with Gasteiger partial charge >= 0.3 is 5.97 Å². The average molecular weight is 361 g/mol. The maximum atomic E-state index is 11.5.